The number of hydrogen-bond donors (Lipinski definition) is 2. The number of aliphatic hydroxyl groups excluding tert-OH is 1. The number of aromatic amines is 1. The molecule has 1 fully saturated rings. The van der Waals surface area contributed by atoms with Gasteiger partial charge in [0.05, 0.1) is 6.61 Å². The molecule has 1 aromatic rings. The third-order valence-corrected chi connectivity index (χ3v) is 3.22. The van der Waals surface area contributed by atoms with Crippen molar-refractivity contribution in [2.75, 3.05) is 6.61 Å². The van der Waals surface area contributed by atoms with Crippen molar-refractivity contribution in [2.24, 2.45) is 0 Å². The van der Waals surface area contributed by atoms with Crippen LogP contribution in [0.15, 0.2) is 11.0 Å². The van der Waals surface area contributed by atoms with Crippen LogP contribution in [0.25, 0.3) is 0 Å². The highest BCUT2D eigenvalue weighted by Gasteiger charge is 2.36. The van der Waals surface area contributed by atoms with Gasteiger partial charge < -0.3 is 9.84 Å². The van der Waals surface area contributed by atoms with Gasteiger partial charge in [-0.25, -0.2) is 9.18 Å². The summed E-state index contributed by atoms with van der Waals surface area (Å²) >= 11 is 4.92. The standard InChI is InChI=1S/C10H13FN2O3S/c1-5-3-13(10(15)12-9(5)17)8-2-6(11)7(4-14)16-8/h3,6-8,14H,2,4H2,1H3,(H,12,15,17)/t6-,7+,8+/m0/s1. The maximum absolute atomic E-state index is 13.4. The van der Waals surface area contributed by atoms with Gasteiger partial charge in [-0.2, -0.15) is 0 Å². The summed E-state index contributed by atoms with van der Waals surface area (Å²) in [6, 6.07) is 0. The van der Waals surface area contributed by atoms with Crippen LogP contribution in [0.1, 0.15) is 18.2 Å². The monoisotopic (exact) mass is 260 g/mol. The van der Waals surface area contributed by atoms with Crippen molar-refractivity contribution in [3.63, 3.8) is 0 Å². The van der Waals surface area contributed by atoms with Gasteiger partial charge in [0.1, 0.15) is 23.1 Å². The lowest BCUT2D eigenvalue weighted by Gasteiger charge is -2.14. The molecule has 0 aromatic carbocycles. The van der Waals surface area contributed by atoms with E-state index in [0.29, 0.717) is 10.2 Å². The molecule has 2 heterocycles. The summed E-state index contributed by atoms with van der Waals surface area (Å²) in [6.07, 6.45) is -1.23. The molecule has 0 saturated carbocycles. The van der Waals surface area contributed by atoms with Gasteiger partial charge in [-0.1, -0.05) is 12.2 Å². The molecule has 1 aliphatic heterocycles. The van der Waals surface area contributed by atoms with Crippen molar-refractivity contribution >= 4 is 12.2 Å². The Balaban J connectivity index is 2.34. The van der Waals surface area contributed by atoms with Crippen LogP contribution < -0.4 is 5.69 Å². The summed E-state index contributed by atoms with van der Waals surface area (Å²) in [5, 5.41) is 8.89. The first-order valence-electron chi connectivity index (χ1n) is 5.25. The molecule has 7 heteroatoms. The summed E-state index contributed by atoms with van der Waals surface area (Å²) in [7, 11) is 0. The second-order valence-corrected chi connectivity index (χ2v) is 4.45. The van der Waals surface area contributed by atoms with Crippen LogP contribution in [0, 0.1) is 11.6 Å². The second kappa shape index (κ2) is 4.67. The van der Waals surface area contributed by atoms with Crippen LogP contribution in [-0.2, 0) is 4.74 Å². The number of aliphatic hydroxyl groups is 1. The molecular weight excluding hydrogens is 247 g/mol. The predicted molar refractivity (Wildman–Crippen MR) is 61.1 cm³/mol. The van der Waals surface area contributed by atoms with Crippen LogP contribution in [-0.4, -0.2) is 33.5 Å². The van der Waals surface area contributed by atoms with E-state index < -0.39 is 30.8 Å². The minimum absolute atomic E-state index is 0.0508. The van der Waals surface area contributed by atoms with Crippen LogP contribution in [0.3, 0.4) is 0 Å². The second-order valence-electron chi connectivity index (χ2n) is 4.04. The number of aryl methyl sites for hydroxylation is 1. The number of aromatic nitrogens is 2. The van der Waals surface area contributed by atoms with Crippen LogP contribution in [0.5, 0.6) is 0 Å². The van der Waals surface area contributed by atoms with Gasteiger partial charge in [-0.15, -0.1) is 0 Å². The molecule has 2 N–H and O–H groups in total. The maximum Gasteiger partial charge on any atom is 0.328 e. The van der Waals surface area contributed by atoms with E-state index in [1.807, 2.05) is 0 Å². The Hall–Kier alpha value is -1.05. The molecule has 17 heavy (non-hydrogen) atoms. The molecule has 1 aromatic heterocycles. The first-order valence-corrected chi connectivity index (χ1v) is 5.66. The predicted octanol–water partition coefficient (Wildman–Crippen LogP) is 0.832. The zero-order valence-corrected chi connectivity index (χ0v) is 10.0. The molecule has 1 saturated heterocycles. The van der Waals surface area contributed by atoms with Crippen molar-refractivity contribution in [1.82, 2.24) is 9.55 Å². The number of H-pyrrole nitrogens is 1. The van der Waals surface area contributed by atoms with Crippen molar-refractivity contribution in [2.45, 2.75) is 31.8 Å². The van der Waals surface area contributed by atoms with E-state index in [9.17, 15) is 9.18 Å². The van der Waals surface area contributed by atoms with Gasteiger partial charge in [-0.05, 0) is 6.92 Å². The van der Waals surface area contributed by atoms with E-state index in [-0.39, 0.29) is 6.42 Å². The Morgan fingerprint density at radius 2 is 2.47 bits per heavy atom. The zero-order chi connectivity index (χ0) is 12.6. The Morgan fingerprint density at radius 3 is 3.06 bits per heavy atom. The highest BCUT2D eigenvalue weighted by molar-refractivity contribution is 7.71. The van der Waals surface area contributed by atoms with Crippen molar-refractivity contribution in [1.29, 1.82) is 0 Å². The van der Waals surface area contributed by atoms with Gasteiger partial charge in [0.25, 0.3) is 0 Å². The third kappa shape index (κ3) is 2.31. The summed E-state index contributed by atoms with van der Waals surface area (Å²) < 4.78 is 20.3. The first-order chi connectivity index (χ1) is 8.02. The zero-order valence-electron chi connectivity index (χ0n) is 9.22. The smallest absolute Gasteiger partial charge is 0.328 e. The van der Waals surface area contributed by atoms with E-state index in [1.165, 1.54) is 10.8 Å². The summed E-state index contributed by atoms with van der Waals surface area (Å²) in [5.41, 5.74) is 0.280. The van der Waals surface area contributed by atoms with Gasteiger partial charge in [0, 0.05) is 18.2 Å². The molecular formula is C10H13FN2O3S. The molecule has 0 unspecified atom stereocenters. The molecule has 0 amide bonds. The van der Waals surface area contributed by atoms with E-state index in [2.05, 4.69) is 4.98 Å². The van der Waals surface area contributed by atoms with E-state index in [4.69, 9.17) is 22.1 Å². The average Bonchev–Trinajstić information content (AvgIpc) is 2.65. The largest absolute Gasteiger partial charge is 0.394 e. The fraction of sp³-hybridized carbons (Fsp3) is 0.600. The third-order valence-electron chi connectivity index (χ3n) is 2.80. The Labute approximate surface area is 102 Å². The number of halogens is 1. The van der Waals surface area contributed by atoms with E-state index >= 15 is 0 Å². The van der Waals surface area contributed by atoms with E-state index in [0.717, 1.165) is 0 Å². The normalized spacial score (nSPS) is 28.5. The quantitative estimate of drug-likeness (QED) is 0.773. The average molecular weight is 260 g/mol. The lowest BCUT2D eigenvalue weighted by Crippen LogP contribution is -2.28. The number of nitrogens with zero attached hydrogens (tertiary/aromatic N) is 1. The fourth-order valence-electron chi connectivity index (χ4n) is 1.82. The SMILES string of the molecule is Cc1cn([C@H]2C[C@H](F)[C@@H](CO)O2)c(=O)[nH]c1=S. The molecule has 5 nitrogen and oxygen atoms in total. The topological polar surface area (TPSA) is 67.2 Å². The van der Waals surface area contributed by atoms with Crippen molar-refractivity contribution in [3.05, 3.63) is 26.9 Å². The van der Waals surface area contributed by atoms with E-state index in [1.54, 1.807) is 6.92 Å². The molecule has 94 valence electrons. The Morgan fingerprint density at radius 1 is 1.76 bits per heavy atom. The molecule has 0 radical (unpaired) electrons. The molecule has 0 aliphatic carbocycles. The van der Waals surface area contributed by atoms with Crippen LogP contribution in [0.2, 0.25) is 0 Å². The number of hydrogen-bond acceptors (Lipinski definition) is 4. The fourth-order valence-corrected chi connectivity index (χ4v) is 1.96. The van der Waals surface area contributed by atoms with Gasteiger partial charge >= 0.3 is 5.69 Å². The van der Waals surface area contributed by atoms with Crippen LogP contribution >= 0.6 is 12.2 Å². The highest BCUT2D eigenvalue weighted by Crippen LogP contribution is 2.29. The van der Waals surface area contributed by atoms with Gasteiger partial charge in [-0.3, -0.25) is 9.55 Å². The lowest BCUT2D eigenvalue weighted by molar-refractivity contribution is -0.0356. The minimum atomic E-state index is -1.26. The summed E-state index contributed by atoms with van der Waals surface area (Å²) in [4.78, 5) is 14.1. The minimum Gasteiger partial charge on any atom is -0.394 e. The molecule has 1 aliphatic rings. The van der Waals surface area contributed by atoms with Crippen molar-refractivity contribution < 1.29 is 14.2 Å². The molecule has 0 spiro atoms. The number of nitrogens with one attached hydrogen (secondary N) is 1. The summed E-state index contributed by atoms with van der Waals surface area (Å²) in [6.45, 7) is 1.36. The van der Waals surface area contributed by atoms with Crippen LogP contribution in [0.4, 0.5) is 4.39 Å². The first kappa shape index (κ1) is 12.4. The molecule has 0 bridgehead atoms. The van der Waals surface area contributed by atoms with Gasteiger partial charge in [0.15, 0.2) is 0 Å². The lowest BCUT2D eigenvalue weighted by atomic mass is 10.2. The maximum atomic E-state index is 13.4. The number of alkyl halides is 1. The number of rotatable bonds is 2. The highest BCUT2D eigenvalue weighted by atomic mass is 32.1. The summed E-state index contributed by atoms with van der Waals surface area (Å²) in [5.74, 6) is 0. The number of ether oxygens (including phenoxy) is 1. The Kier molecular flexibility index (Phi) is 3.41. The Bertz CT molecular complexity index is 527. The molecule has 3 atom stereocenters. The molecule has 2 rings (SSSR count). The van der Waals surface area contributed by atoms with Gasteiger partial charge in [0.2, 0.25) is 0 Å². The van der Waals surface area contributed by atoms with Crippen molar-refractivity contribution in [3.8, 4) is 0 Å².